The monoisotopic (exact) mass is 362 g/mol. The van der Waals surface area contributed by atoms with E-state index in [1.807, 2.05) is 42.3 Å². The van der Waals surface area contributed by atoms with Gasteiger partial charge in [-0.1, -0.05) is 18.2 Å². The van der Waals surface area contributed by atoms with Gasteiger partial charge in [-0.05, 0) is 43.1 Å². The Balaban J connectivity index is 1.78. The summed E-state index contributed by atoms with van der Waals surface area (Å²) in [6, 6.07) is 12.1. The van der Waals surface area contributed by atoms with Crippen molar-refractivity contribution in [3.63, 3.8) is 0 Å². The molecule has 1 N–H and O–H groups in total. The molecule has 0 aliphatic rings. The Hall–Kier alpha value is -1.89. The van der Waals surface area contributed by atoms with Crippen LogP contribution in [-0.4, -0.2) is 44.7 Å². The molecule has 25 heavy (non-hydrogen) atoms. The maximum atomic E-state index is 12.2. The molecule has 1 unspecified atom stereocenters. The second-order valence-electron chi connectivity index (χ2n) is 5.87. The van der Waals surface area contributed by atoms with E-state index in [2.05, 4.69) is 23.7 Å². The third-order valence-electron chi connectivity index (χ3n) is 3.95. The molecule has 0 aliphatic heterocycles. The molecule has 5 nitrogen and oxygen atoms in total. The van der Waals surface area contributed by atoms with E-state index in [1.165, 1.54) is 4.88 Å². The summed E-state index contributed by atoms with van der Waals surface area (Å²) in [5.41, 5.74) is 1.01. The molecule has 1 aromatic carbocycles. The van der Waals surface area contributed by atoms with Crippen molar-refractivity contribution < 1.29 is 14.3 Å². The summed E-state index contributed by atoms with van der Waals surface area (Å²) in [4.78, 5) is 15.5. The average molecular weight is 362 g/mol. The summed E-state index contributed by atoms with van der Waals surface area (Å²) in [6.45, 7) is 4.03. The van der Waals surface area contributed by atoms with Crippen LogP contribution in [0.1, 0.15) is 23.4 Å². The summed E-state index contributed by atoms with van der Waals surface area (Å²) in [5.74, 6) is 0.795. The maximum Gasteiger partial charge on any atom is 0.234 e. The molecule has 0 bridgehead atoms. The molecule has 1 atom stereocenters. The molecule has 0 spiro atoms. The highest BCUT2D eigenvalue weighted by Gasteiger charge is 2.15. The predicted octanol–water partition coefficient (Wildman–Crippen LogP) is 3.08. The van der Waals surface area contributed by atoms with E-state index in [9.17, 15) is 4.79 Å². The largest absolute Gasteiger partial charge is 0.491 e. The number of carbonyl (C=O) groups is 1. The number of nitrogens with one attached hydrogen (secondary N) is 1. The van der Waals surface area contributed by atoms with Crippen molar-refractivity contribution in [3.8, 4) is 5.75 Å². The zero-order chi connectivity index (χ0) is 18.1. The summed E-state index contributed by atoms with van der Waals surface area (Å²) in [6.07, 6.45) is 0. The lowest BCUT2D eigenvalue weighted by Gasteiger charge is -2.23. The Morgan fingerprint density at radius 3 is 2.84 bits per heavy atom. The van der Waals surface area contributed by atoms with Crippen molar-refractivity contribution in [2.75, 3.05) is 33.9 Å². The lowest BCUT2D eigenvalue weighted by Crippen LogP contribution is -2.35. The molecule has 0 radical (unpaired) electrons. The maximum absolute atomic E-state index is 12.2. The van der Waals surface area contributed by atoms with Crippen LogP contribution in [0.5, 0.6) is 5.75 Å². The van der Waals surface area contributed by atoms with Crippen LogP contribution >= 0.6 is 11.3 Å². The van der Waals surface area contributed by atoms with E-state index in [4.69, 9.17) is 9.47 Å². The first-order valence-electron chi connectivity index (χ1n) is 8.31. The van der Waals surface area contributed by atoms with Crippen LogP contribution in [0.4, 0.5) is 0 Å². The molecule has 136 valence electrons. The smallest absolute Gasteiger partial charge is 0.234 e. The van der Waals surface area contributed by atoms with Gasteiger partial charge in [-0.3, -0.25) is 9.69 Å². The zero-order valence-electron chi connectivity index (χ0n) is 15.0. The summed E-state index contributed by atoms with van der Waals surface area (Å²) < 4.78 is 10.6. The highest BCUT2D eigenvalue weighted by atomic mass is 32.1. The number of hydrogen-bond acceptors (Lipinski definition) is 5. The van der Waals surface area contributed by atoms with Gasteiger partial charge in [-0.2, -0.15) is 0 Å². The highest BCUT2D eigenvalue weighted by Crippen LogP contribution is 2.22. The lowest BCUT2D eigenvalue weighted by molar-refractivity contribution is -0.122. The Morgan fingerprint density at radius 1 is 1.28 bits per heavy atom. The Kier molecular flexibility index (Phi) is 7.91. The third kappa shape index (κ3) is 6.49. The van der Waals surface area contributed by atoms with E-state index in [1.54, 1.807) is 18.4 Å². The standard InChI is InChI=1S/C19H26N2O3S/c1-15(18-8-5-11-25-18)21(2)14-19(22)20-13-16-6-4-7-17(12-16)24-10-9-23-3/h4-8,11-12,15H,9-10,13-14H2,1-3H3,(H,20,22). The summed E-state index contributed by atoms with van der Waals surface area (Å²) in [5, 5.41) is 5.02. The van der Waals surface area contributed by atoms with Crippen molar-refractivity contribution in [2.24, 2.45) is 0 Å². The number of rotatable bonds is 10. The Labute approximate surface area is 153 Å². The SMILES string of the molecule is COCCOc1cccc(CNC(=O)CN(C)C(C)c2cccs2)c1. The van der Waals surface area contributed by atoms with Crippen LogP contribution in [0.15, 0.2) is 41.8 Å². The molecule has 0 fully saturated rings. The minimum absolute atomic E-state index is 0.0108. The molecular formula is C19H26N2O3S. The number of benzene rings is 1. The Morgan fingerprint density at radius 2 is 2.12 bits per heavy atom. The van der Waals surface area contributed by atoms with Gasteiger partial charge in [0.2, 0.25) is 5.91 Å². The van der Waals surface area contributed by atoms with Gasteiger partial charge in [0.1, 0.15) is 12.4 Å². The molecule has 0 saturated carbocycles. The quantitative estimate of drug-likeness (QED) is 0.660. The van der Waals surface area contributed by atoms with Crippen molar-refractivity contribution >= 4 is 17.2 Å². The molecule has 1 aromatic heterocycles. The van der Waals surface area contributed by atoms with Gasteiger partial charge >= 0.3 is 0 Å². The number of likely N-dealkylation sites (N-methyl/N-ethyl adjacent to an activating group) is 1. The molecule has 6 heteroatoms. The molecule has 1 amide bonds. The van der Waals surface area contributed by atoms with Crippen molar-refractivity contribution in [1.29, 1.82) is 0 Å². The van der Waals surface area contributed by atoms with Crippen molar-refractivity contribution in [3.05, 3.63) is 52.2 Å². The van der Waals surface area contributed by atoms with Crippen LogP contribution in [0.3, 0.4) is 0 Å². The van der Waals surface area contributed by atoms with Gasteiger partial charge in [0.25, 0.3) is 0 Å². The number of carbonyl (C=O) groups excluding carboxylic acids is 1. The highest BCUT2D eigenvalue weighted by molar-refractivity contribution is 7.10. The fraction of sp³-hybridized carbons (Fsp3) is 0.421. The van der Waals surface area contributed by atoms with Gasteiger partial charge in [0.15, 0.2) is 0 Å². The first kappa shape index (κ1) is 19.4. The van der Waals surface area contributed by atoms with E-state index in [0.29, 0.717) is 26.3 Å². The van der Waals surface area contributed by atoms with E-state index in [-0.39, 0.29) is 11.9 Å². The van der Waals surface area contributed by atoms with Gasteiger partial charge in [0, 0.05) is 24.6 Å². The topological polar surface area (TPSA) is 50.8 Å². The second kappa shape index (κ2) is 10.2. The molecule has 0 saturated heterocycles. The first-order chi connectivity index (χ1) is 12.1. The molecule has 2 rings (SSSR count). The summed E-state index contributed by atoms with van der Waals surface area (Å²) in [7, 11) is 3.61. The normalized spacial score (nSPS) is 12.2. The molecule has 0 aliphatic carbocycles. The number of methoxy groups -OCH3 is 1. The molecule has 2 aromatic rings. The van der Waals surface area contributed by atoms with E-state index >= 15 is 0 Å². The summed E-state index contributed by atoms with van der Waals surface area (Å²) >= 11 is 1.71. The van der Waals surface area contributed by atoms with Crippen molar-refractivity contribution in [1.82, 2.24) is 10.2 Å². The lowest BCUT2D eigenvalue weighted by atomic mass is 10.2. The predicted molar refractivity (Wildman–Crippen MR) is 101 cm³/mol. The first-order valence-corrected chi connectivity index (χ1v) is 9.19. The van der Waals surface area contributed by atoms with Gasteiger partial charge < -0.3 is 14.8 Å². The van der Waals surface area contributed by atoms with Crippen LogP contribution in [0.2, 0.25) is 0 Å². The second-order valence-corrected chi connectivity index (χ2v) is 6.85. The van der Waals surface area contributed by atoms with Crippen molar-refractivity contribution in [2.45, 2.75) is 19.5 Å². The number of ether oxygens (including phenoxy) is 2. The third-order valence-corrected chi connectivity index (χ3v) is 5.00. The number of amides is 1. The fourth-order valence-corrected chi connectivity index (χ4v) is 3.20. The molecular weight excluding hydrogens is 336 g/mol. The fourth-order valence-electron chi connectivity index (χ4n) is 2.35. The molecule has 1 heterocycles. The number of nitrogens with zero attached hydrogens (tertiary/aromatic N) is 1. The zero-order valence-corrected chi connectivity index (χ0v) is 15.8. The van der Waals surface area contributed by atoms with E-state index in [0.717, 1.165) is 11.3 Å². The average Bonchev–Trinajstić information content (AvgIpc) is 3.14. The minimum Gasteiger partial charge on any atom is -0.491 e. The van der Waals surface area contributed by atoms with E-state index < -0.39 is 0 Å². The van der Waals surface area contributed by atoms with Crippen LogP contribution < -0.4 is 10.1 Å². The van der Waals surface area contributed by atoms with Crippen LogP contribution in [0.25, 0.3) is 0 Å². The Bertz CT molecular complexity index is 646. The van der Waals surface area contributed by atoms with Gasteiger partial charge in [-0.15, -0.1) is 11.3 Å². The minimum atomic E-state index is 0.0108. The van der Waals surface area contributed by atoms with Crippen LogP contribution in [0, 0.1) is 0 Å². The van der Waals surface area contributed by atoms with Gasteiger partial charge in [0.05, 0.1) is 13.2 Å². The van der Waals surface area contributed by atoms with Crippen LogP contribution in [-0.2, 0) is 16.1 Å². The van der Waals surface area contributed by atoms with Gasteiger partial charge in [-0.25, -0.2) is 0 Å². The number of hydrogen-bond donors (Lipinski definition) is 1. The number of thiophene rings is 1.